The Bertz CT molecular complexity index is 1470. The molecule has 1 aromatic heterocycles. The highest BCUT2D eigenvalue weighted by Gasteiger charge is 2.59. The number of sulfone groups is 1. The predicted molar refractivity (Wildman–Crippen MR) is 153 cm³/mol. The first-order chi connectivity index (χ1) is 19.4. The van der Waals surface area contributed by atoms with Gasteiger partial charge in [0, 0.05) is 23.9 Å². The molecule has 1 N–H and O–H groups in total. The molecule has 0 radical (unpaired) electrons. The molecule has 1 atom stereocenters. The van der Waals surface area contributed by atoms with Gasteiger partial charge < -0.3 is 14.4 Å². The van der Waals surface area contributed by atoms with E-state index in [9.17, 15) is 13.2 Å². The number of carbonyl (C=O) groups excluding carboxylic acids is 1. The molecule has 6 rings (SSSR count). The zero-order chi connectivity index (χ0) is 27.7. The van der Waals surface area contributed by atoms with E-state index in [0.717, 1.165) is 37.1 Å². The summed E-state index contributed by atoms with van der Waals surface area (Å²) in [6.07, 6.45) is 3.98. The number of nitrogens with one attached hydrogen (secondary N) is 1. The predicted octanol–water partition coefficient (Wildman–Crippen LogP) is 5.33. The number of rotatable bonds is 7. The molecular weight excluding hydrogens is 528 g/mol. The number of ether oxygens (including phenoxy) is 2. The lowest BCUT2D eigenvalue weighted by Crippen LogP contribution is -2.44. The standard InChI is InChI=1S/C30H34N4O5S/c1-21-20-38-18-17-34(21)27-19-26(30(15-16-30)40(36,37)25-9-5-6-10-25)32-28(33-27)22-11-13-23(14-12-22)31-29(35)39-24-7-3-2-4-8-24/h2-4,7-8,11-14,19,21,25H,5-6,9-10,15-18,20H2,1H3,(H,31,35)/t21-/m0/s1. The van der Waals surface area contributed by atoms with E-state index in [-0.39, 0.29) is 11.3 Å². The van der Waals surface area contributed by atoms with Gasteiger partial charge in [-0.15, -0.1) is 0 Å². The van der Waals surface area contributed by atoms with Crippen molar-refractivity contribution in [2.45, 2.75) is 61.5 Å². The van der Waals surface area contributed by atoms with Crippen molar-refractivity contribution in [2.24, 2.45) is 0 Å². The maximum absolute atomic E-state index is 13.8. The molecular formula is C30H34N4O5S. The van der Waals surface area contributed by atoms with Gasteiger partial charge >= 0.3 is 6.09 Å². The van der Waals surface area contributed by atoms with Crippen molar-refractivity contribution in [2.75, 3.05) is 30.0 Å². The molecule has 10 heteroatoms. The summed E-state index contributed by atoms with van der Waals surface area (Å²) in [7, 11) is -3.38. The first-order valence-corrected chi connectivity index (χ1v) is 15.5. The quantitative estimate of drug-likeness (QED) is 0.412. The van der Waals surface area contributed by atoms with Crippen molar-refractivity contribution in [3.05, 3.63) is 66.4 Å². The van der Waals surface area contributed by atoms with Crippen LogP contribution in [0.25, 0.3) is 11.4 Å². The molecule has 40 heavy (non-hydrogen) atoms. The molecule has 0 unspecified atom stereocenters. The van der Waals surface area contributed by atoms with Gasteiger partial charge in [-0.1, -0.05) is 31.0 Å². The Kier molecular flexibility index (Phi) is 7.22. The van der Waals surface area contributed by atoms with Crippen molar-refractivity contribution >= 4 is 27.4 Å². The monoisotopic (exact) mass is 562 g/mol. The third-order valence-corrected chi connectivity index (χ3v) is 11.2. The smallest absolute Gasteiger partial charge is 0.410 e. The van der Waals surface area contributed by atoms with Crippen LogP contribution >= 0.6 is 0 Å². The topological polar surface area (TPSA) is 111 Å². The van der Waals surface area contributed by atoms with Crippen molar-refractivity contribution in [1.29, 1.82) is 0 Å². The molecule has 1 amide bonds. The van der Waals surface area contributed by atoms with Crippen molar-refractivity contribution < 1.29 is 22.7 Å². The fraction of sp³-hybridized carbons (Fsp3) is 0.433. The van der Waals surface area contributed by atoms with Gasteiger partial charge in [-0.2, -0.15) is 0 Å². The van der Waals surface area contributed by atoms with Crippen LogP contribution in [-0.2, 0) is 19.3 Å². The number of hydrogen-bond donors (Lipinski definition) is 1. The first kappa shape index (κ1) is 26.7. The summed E-state index contributed by atoms with van der Waals surface area (Å²) in [6.45, 7) is 3.92. The highest BCUT2D eigenvalue weighted by atomic mass is 32.2. The third-order valence-electron chi connectivity index (χ3n) is 8.17. The minimum atomic E-state index is -3.38. The SMILES string of the molecule is C[C@H]1COCCN1c1cc(C2(S(=O)(=O)C3CCCC3)CC2)nc(-c2ccc(NC(=O)Oc3ccccc3)cc2)n1. The Morgan fingerprint density at radius 3 is 2.45 bits per heavy atom. The van der Waals surface area contributed by atoms with E-state index in [0.29, 0.717) is 55.6 Å². The Hall–Kier alpha value is -3.50. The van der Waals surface area contributed by atoms with Crippen LogP contribution in [-0.4, -0.2) is 55.5 Å². The normalized spacial score (nSPS) is 20.7. The lowest BCUT2D eigenvalue weighted by Gasteiger charge is -2.35. The number of morpholine rings is 1. The Balaban J connectivity index is 1.31. The van der Waals surface area contributed by atoms with E-state index in [4.69, 9.17) is 19.4 Å². The van der Waals surface area contributed by atoms with Crippen molar-refractivity contribution in [1.82, 2.24) is 9.97 Å². The van der Waals surface area contributed by atoms with Gasteiger partial charge in [0.1, 0.15) is 16.3 Å². The highest BCUT2D eigenvalue weighted by Crippen LogP contribution is 2.55. The number of amides is 1. The molecule has 3 aromatic rings. The molecule has 2 aromatic carbocycles. The second-order valence-electron chi connectivity index (χ2n) is 10.9. The Morgan fingerprint density at radius 2 is 1.77 bits per heavy atom. The van der Waals surface area contributed by atoms with E-state index in [1.807, 2.05) is 24.3 Å². The number of nitrogens with zero attached hydrogens (tertiary/aromatic N) is 3. The largest absolute Gasteiger partial charge is 0.417 e. The molecule has 1 saturated heterocycles. The van der Waals surface area contributed by atoms with Crippen LogP contribution in [0.15, 0.2) is 60.7 Å². The van der Waals surface area contributed by atoms with E-state index < -0.39 is 20.7 Å². The molecule has 2 heterocycles. The van der Waals surface area contributed by atoms with E-state index in [1.54, 1.807) is 36.4 Å². The number of para-hydroxylation sites is 1. The molecule has 1 aliphatic heterocycles. The number of aromatic nitrogens is 2. The van der Waals surface area contributed by atoms with Gasteiger partial charge in [-0.05, 0) is 69.0 Å². The molecule has 3 aliphatic rings. The molecule has 210 valence electrons. The first-order valence-electron chi connectivity index (χ1n) is 14.0. The van der Waals surface area contributed by atoms with Crippen LogP contribution in [0.3, 0.4) is 0 Å². The van der Waals surface area contributed by atoms with E-state index in [1.165, 1.54) is 0 Å². The van der Waals surface area contributed by atoms with Gasteiger partial charge in [-0.3, -0.25) is 5.32 Å². The summed E-state index contributed by atoms with van der Waals surface area (Å²) in [4.78, 5) is 24.3. The summed E-state index contributed by atoms with van der Waals surface area (Å²) in [6, 6.07) is 18.0. The van der Waals surface area contributed by atoms with Gasteiger partial charge in [0.05, 0.1) is 30.2 Å². The second kappa shape index (κ2) is 10.8. The van der Waals surface area contributed by atoms with Gasteiger partial charge in [0.15, 0.2) is 15.7 Å². The van der Waals surface area contributed by atoms with Crippen LogP contribution in [0.2, 0.25) is 0 Å². The van der Waals surface area contributed by atoms with Crippen LogP contribution in [0, 0.1) is 0 Å². The second-order valence-corrected chi connectivity index (χ2v) is 13.4. The lowest BCUT2D eigenvalue weighted by atomic mass is 10.1. The minimum absolute atomic E-state index is 0.105. The summed E-state index contributed by atoms with van der Waals surface area (Å²) >= 11 is 0. The minimum Gasteiger partial charge on any atom is -0.410 e. The lowest BCUT2D eigenvalue weighted by molar-refractivity contribution is 0.0985. The van der Waals surface area contributed by atoms with E-state index >= 15 is 0 Å². The maximum atomic E-state index is 13.8. The third kappa shape index (κ3) is 5.17. The molecule has 3 fully saturated rings. The number of anilines is 2. The number of carbonyl (C=O) groups is 1. The molecule has 2 aliphatic carbocycles. The van der Waals surface area contributed by atoms with Crippen LogP contribution in [0.1, 0.15) is 51.1 Å². The van der Waals surface area contributed by atoms with Crippen LogP contribution in [0.4, 0.5) is 16.3 Å². The molecule has 0 spiro atoms. The van der Waals surface area contributed by atoms with Crippen LogP contribution in [0.5, 0.6) is 5.75 Å². The number of hydrogen-bond acceptors (Lipinski definition) is 8. The summed E-state index contributed by atoms with van der Waals surface area (Å²) in [5, 5.41) is 2.44. The summed E-state index contributed by atoms with van der Waals surface area (Å²) in [5.74, 6) is 1.64. The fourth-order valence-electron chi connectivity index (χ4n) is 5.77. The molecule has 9 nitrogen and oxygen atoms in total. The average molecular weight is 563 g/mol. The zero-order valence-electron chi connectivity index (χ0n) is 22.6. The summed E-state index contributed by atoms with van der Waals surface area (Å²) < 4.78 is 37.7. The number of benzene rings is 2. The average Bonchev–Trinajstić information content (AvgIpc) is 3.60. The molecule has 0 bridgehead atoms. The van der Waals surface area contributed by atoms with Gasteiger partial charge in [-0.25, -0.2) is 23.2 Å². The van der Waals surface area contributed by atoms with Crippen molar-refractivity contribution in [3.8, 4) is 17.1 Å². The summed E-state index contributed by atoms with van der Waals surface area (Å²) in [5.41, 5.74) is 1.89. The van der Waals surface area contributed by atoms with Crippen LogP contribution < -0.4 is 15.0 Å². The van der Waals surface area contributed by atoms with Gasteiger partial charge in [0.2, 0.25) is 0 Å². The van der Waals surface area contributed by atoms with Gasteiger partial charge in [0.25, 0.3) is 0 Å². The maximum Gasteiger partial charge on any atom is 0.417 e. The Morgan fingerprint density at radius 1 is 1.05 bits per heavy atom. The Labute approximate surface area is 234 Å². The zero-order valence-corrected chi connectivity index (χ0v) is 23.4. The van der Waals surface area contributed by atoms with E-state index in [2.05, 4.69) is 17.1 Å². The highest BCUT2D eigenvalue weighted by molar-refractivity contribution is 7.93. The van der Waals surface area contributed by atoms with Crippen molar-refractivity contribution in [3.63, 3.8) is 0 Å². The fourth-order valence-corrected chi connectivity index (χ4v) is 8.43. The molecule has 2 saturated carbocycles.